The molecule has 138 valence electrons. The van der Waals surface area contributed by atoms with Gasteiger partial charge in [0.1, 0.15) is 18.1 Å². The summed E-state index contributed by atoms with van der Waals surface area (Å²) in [4.78, 5) is 14.6. The van der Waals surface area contributed by atoms with Crippen LogP contribution in [0.1, 0.15) is 28.8 Å². The van der Waals surface area contributed by atoms with Crippen molar-refractivity contribution in [1.82, 2.24) is 4.90 Å². The predicted octanol–water partition coefficient (Wildman–Crippen LogP) is 3.53. The van der Waals surface area contributed by atoms with Crippen LogP contribution in [0, 0.1) is 0 Å². The molecule has 0 radical (unpaired) electrons. The van der Waals surface area contributed by atoms with Crippen LogP contribution in [0.2, 0.25) is 0 Å². The average molecular weight is 355 g/mol. The van der Waals surface area contributed by atoms with Gasteiger partial charge in [-0.05, 0) is 42.7 Å². The maximum atomic E-state index is 12.9. The summed E-state index contributed by atoms with van der Waals surface area (Å²) in [5.74, 6) is 1.34. The van der Waals surface area contributed by atoms with Gasteiger partial charge in [-0.1, -0.05) is 24.3 Å². The van der Waals surface area contributed by atoms with Crippen molar-refractivity contribution in [1.29, 1.82) is 0 Å². The van der Waals surface area contributed by atoms with Crippen molar-refractivity contribution >= 4 is 5.91 Å². The molecule has 0 spiro atoms. The second-order valence-corrected chi connectivity index (χ2v) is 6.45. The highest BCUT2D eigenvalue weighted by Gasteiger charge is 2.20. The zero-order chi connectivity index (χ0) is 18.4. The van der Waals surface area contributed by atoms with Gasteiger partial charge in [0.2, 0.25) is 0 Å². The van der Waals surface area contributed by atoms with Crippen LogP contribution < -0.4 is 9.47 Å². The Hall–Kier alpha value is -2.53. The highest BCUT2D eigenvalue weighted by atomic mass is 16.5. The molecule has 5 nitrogen and oxygen atoms in total. The quantitative estimate of drug-likeness (QED) is 0.762. The van der Waals surface area contributed by atoms with Gasteiger partial charge in [0.25, 0.3) is 5.91 Å². The Labute approximate surface area is 154 Å². The Morgan fingerprint density at radius 2 is 1.96 bits per heavy atom. The van der Waals surface area contributed by atoms with E-state index in [2.05, 4.69) is 0 Å². The van der Waals surface area contributed by atoms with E-state index in [-0.39, 0.29) is 12.0 Å². The van der Waals surface area contributed by atoms with E-state index in [1.807, 2.05) is 42.5 Å². The topological polar surface area (TPSA) is 48.0 Å². The molecule has 0 aliphatic carbocycles. The molecule has 0 saturated carbocycles. The molecular weight excluding hydrogens is 330 g/mol. The number of hydrogen-bond donors (Lipinski definition) is 0. The minimum Gasteiger partial charge on any atom is -0.497 e. The van der Waals surface area contributed by atoms with E-state index in [0.717, 1.165) is 30.8 Å². The van der Waals surface area contributed by atoms with Gasteiger partial charge < -0.3 is 19.1 Å². The second-order valence-electron chi connectivity index (χ2n) is 6.45. The second kappa shape index (κ2) is 8.72. The van der Waals surface area contributed by atoms with Gasteiger partial charge in [-0.3, -0.25) is 4.79 Å². The maximum Gasteiger partial charge on any atom is 0.257 e. The van der Waals surface area contributed by atoms with Gasteiger partial charge in [-0.25, -0.2) is 0 Å². The van der Waals surface area contributed by atoms with Crippen molar-refractivity contribution in [2.45, 2.75) is 25.5 Å². The third kappa shape index (κ3) is 4.55. The third-order valence-corrected chi connectivity index (χ3v) is 4.49. The third-order valence-electron chi connectivity index (χ3n) is 4.49. The van der Waals surface area contributed by atoms with Crippen molar-refractivity contribution in [3.8, 4) is 11.5 Å². The first-order valence-corrected chi connectivity index (χ1v) is 8.89. The molecule has 1 amide bonds. The number of carbonyl (C=O) groups excluding carboxylic acids is 1. The molecular formula is C21H25NO4. The van der Waals surface area contributed by atoms with Crippen molar-refractivity contribution < 1.29 is 19.0 Å². The lowest BCUT2D eigenvalue weighted by Crippen LogP contribution is -2.27. The van der Waals surface area contributed by atoms with E-state index in [4.69, 9.17) is 14.2 Å². The number of rotatable bonds is 7. The number of para-hydroxylation sites is 1. The van der Waals surface area contributed by atoms with Crippen molar-refractivity contribution in [2.75, 3.05) is 27.4 Å². The zero-order valence-corrected chi connectivity index (χ0v) is 15.3. The summed E-state index contributed by atoms with van der Waals surface area (Å²) in [6, 6.07) is 15.1. The van der Waals surface area contributed by atoms with Gasteiger partial charge >= 0.3 is 0 Å². The van der Waals surface area contributed by atoms with Crippen LogP contribution in [-0.4, -0.2) is 44.3 Å². The Morgan fingerprint density at radius 3 is 2.65 bits per heavy atom. The zero-order valence-electron chi connectivity index (χ0n) is 15.3. The lowest BCUT2D eigenvalue weighted by Gasteiger charge is -2.20. The van der Waals surface area contributed by atoms with Crippen LogP contribution in [0.25, 0.3) is 0 Å². The SMILES string of the molecule is COc1ccc(CN(C)C(=O)c2ccccc2OCC2CCCO2)cc1. The number of benzene rings is 2. The summed E-state index contributed by atoms with van der Waals surface area (Å²) in [5.41, 5.74) is 1.61. The molecule has 1 unspecified atom stereocenters. The molecule has 2 aromatic carbocycles. The van der Waals surface area contributed by atoms with E-state index < -0.39 is 0 Å². The molecule has 0 aromatic heterocycles. The summed E-state index contributed by atoms with van der Waals surface area (Å²) < 4.78 is 16.6. The lowest BCUT2D eigenvalue weighted by molar-refractivity contribution is 0.0656. The first-order chi connectivity index (χ1) is 12.7. The Balaban J connectivity index is 1.65. The monoisotopic (exact) mass is 355 g/mol. The van der Waals surface area contributed by atoms with E-state index >= 15 is 0 Å². The minimum atomic E-state index is -0.0660. The smallest absolute Gasteiger partial charge is 0.257 e. The number of carbonyl (C=O) groups is 1. The maximum absolute atomic E-state index is 12.9. The summed E-state index contributed by atoms with van der Waals surface area (Å²) in [6.07, 6.45) is 2.20. The molecule has 1 aliphatic heterocycles. The van der Waals surface area contributed by atoms with Crippen LogP contribution in [0.4, 0.5) is 0 Å². The molecule has 1 fully saturated rings. The standard InChI is InChI=1S/C21H25NO4/c1-22(14-16-9-11-17(24-2)12-10-16)21(23)19-7-3-4-8-20(19)26-15-18-6-5-13-25-18/h3-4,7-12,18H,5-6,13-15H2,1-2H3. The van der Waals surface area contributed by atoms with Crippen LogP contribution in [0.15, 0.2) is 48.5 Å². The molecule has 26 heavy (non-hydrogen) atoms. The summed E-state index contributed by atoms with van der Waals surface area (Å²) >= 11 is 0. The summed E-state index contributed by atoms with van der Waals surface area (Å²) in [6.45, 7) is 1.79. The van der Waals surface area contributed by atoms with Crippen LogP contribution in [0.3, 0.4) is 0 Å². The molecule has 3 rings (SSSR count). The van der Waals surface area contributed by atoms with E-state index in [9.17, 15) is 4.79 Å². The molecule has 1 saturated heterocycles. The average Bonchev–Trinajstić information content (AvgIpc) is 3.20. The van der Waals surface area contributed by atoms with Gasteiger partial charge in [-0.2, -0.15) is 0 Å². The van der Waals surface area contributed by atoms with E-state index in [1.165, 1.54) is 0 Å². The molecule has 0 N–H and O–H groups in total. The number of methoxy groups -OCH3 is 1. The van der Waals surface area contributed by atoms with Gasteiger partial charge in [0, 0.05) is 20.2 Å². The van der Waals surface area contributed by atoms with Gasteiger partial charge in [0.15, 0.2) is 0 Å². The first kappa shape index (κ1) is 18.3. The normalized spacial score (nSPS) is 16.3. The highest BCUT2D eigenvalue weighted by Crippen LogP contribution is 2.22. The molecule has 2 aromatic rings. The van der Waals surface area contributed by atoms with E-state index in [1.54, 1.807) is 25.1 Å². The molecule has 1 aliphatic rings. The lowest BCUT2D eigenvalue weighted by atomic mass is 10.1. The fourth-order valence-electron chi connectivity index (χ4n) is 3.01. The number of amides is 1. The van der Waals surface area contributed by atoms with Crippen molar-refractivity contribution in [3.05, 3.63) is 59.7 Å². The van der Waals surface area contributed by atoms with Crippen molar-refractivity contribution in [3.63, 3.8) is 0 Å². The number of nitrogens with zero attached hydrogens (tertiary/aromatic N) is 1. The summed E-state index contributed by atoms with van der Waals surface area (Å²) in [7, 11) is 3.43. The predicted molar refractivity (Wildman–Crippen MR) is 99.7 cm³/mol. The molecule has 1 atom stereocenters. The fraction of sp³-hybridized carbons (Fsp3) is 0.381. The fourth-order valence-corrected chi connectivity index (χ4v) is 3.01. The van der Waals surface area contributed by atoms with Gasteiger partial charge in [0.05, 0.1) is 18.8 Å². The van der Waals surface area contributed by atoms with Crippen LogP contribution in [-0.2, 0) is 11.3 Å². The Kier molecular flexibility index (Phi) is 6.12. The number of ether oxygens (including phenoxy) is 3. The molecule has 5 heteroatoms. The van der Waals surface area contributed by atoms with E-state index in [0.29, 0.717) is 24.5 Å². The minimum absolute atomic E-state index is 0.0660. The largest absolute Gasteiger partial charge is 0.497 e. The Bertz CT molecular complexity index is 723. The first-order valence-electron chi connectivity index (χ1n) is 8.89. The molecule has 1 heterocycles. The van der Waals surface area contributed by atoms with Gasteiger partial charge in [-0.15, -0.1) is 0 Å². The Morgan fingerprint density at radius 1 is 1.19 bits per heavy atom. The molecule has 0 bridgehead atoms. The highest BCUT2D eigenvalue weighted by molar-refractivity contribution is 5.96. The van der Waals surface area contributed by atoms with Crippen molar-refractivity contribution in [2.24, 2.45) is 0 Å². The van der Waals surface area contributed by atoms with Crippen LogP contribution in [0.5, 0.6) is 11.5 Å². The van der Waals surface area contributed by atoms with Crippen LogP contribution >= 0.6 is 0 Å². The number of hydrogen-bond acceptors (Lipinski definition) is 4. The summed E-state index contributed by atoms with van der Waals surface area (Å²) in [5, 5.41) is 0.